The number of aliphatic imine (C=N–C) groups is 1. The number of imide groups is 1. The predicted octanol–water partition coefficient (Wildman–Crippen LogP) is 3.61. The summed E-state index contributed by atoms with van der Waals surface area (Å²) >= 11 is 0. The summed E-state index contributed by atoms with van der Waals surface area (Å²) in [5.41, 5.74) is 1.21. The molecule has 3 rings (SSSR count). The summed E-state index contributed by atoms with van der Waals surface area (Å²) < 4.78 is 37.7. The average molecular weight is 388 g/mol. The summed E-state index contributed by atoms with van der Waals surface area (Å²) in [4.78, 5) is 36.5. The zero-order valence-electron chi connectivity index (χ0n) is 14.8. The molecule has 1 aliphatic heterocycles. The molecule has 1 aromatic heterocycles. The van der Waals surface area contributed by atoms with Crippen molar-refractivity contribution in [3.05, 3.63) is 65.2 Å². The van der Waals surface area contributed by atoms with Crippen LogP contribution in [0.1, 0.15) is 45.4 Å². The van der Waals surface area contributed by atoms with E-state index < -0.39 is 18.0 Å². The van der Waals surface area contributed by atoms with E-state index in [2.05, 4.69) is 21.7 Å². The molecule has 1 atom stereocenters. The number of carbonyl (C=O) groups excluding carboxylic acids is 2. The Balaban J connectivity index is 1.77. The lowest BCUT2D eigenvalue weighted by molar-refractivity contribution is -0.145. The minimum absolute atomic E-state index is 0.237. The number of hydrogen-bond donors (Lipinski definition) is 0. The summed E-state index contributed by atoms with van der Waals surface area (Å²) in [6, 6.07) is 6.06. The first-order chi connectivity index (χ1) is 13.2. The second-order valence-electron chi connectivity index (χ2n) is 6.15. The van der Waals surface area contributed by atoms with Gasteiger partial charge in [0.1, 0.15) is 0 Å². The molecule has 1 aliphatic rings. The first kappa shape index (κ1) is 19.4. The van der Waals surface area contributed by atoms with Crippen LogP contribution < -0.4 is 0 Å². The van der Waals surface area contributed by atoms with Crippen molar-refractivity contribution in [2.75, 3.05) is 0 Å². The number of halogens is 3. The third-order valence-corrected chi connectivity index (χ3v) is 4.29. The standard InChI is InChI=1S/C19H15F3N4O2/c1-11(26-16(27)13-5-3-4-6-14(13)17(26)28)7-8-15(23-2)12-9-24-18(25-10-12)19(20,21)22/h3-6,8-11H,2,7H2,1H3/b15-8-. The van der Waals surface area contributed by atoms with Crippen LogP contribution in [0.15, 0.2) is 47.7 Å². The molecule has 0 saturated carbocycles. The van der Waals surface area contributed by atoms with Crippen molar-refractivity contribution in [1.29, 1.82) is 0 Å². The summed E-state index contributed by atoms with van der Waals surface area (Å²) in [7, 11) is 0. The average Bonchev–Trinajstić information content (AvgIpc) is 2.93. The third-order valence-electron chi connectivity index (χ3n) is 4.29. The van der Waals surface area contributed by atoms with Crippen molar-refractivity contribution >= 4 is 24.2 Å². The minimum atomic E-state index is -4.63. The van der Waals surface area contributed by atoms with Gasteiger partial charge in [-0.15, -0.1) is 0 Å². The Hall–Kier alpha value is -3.36. The van der Waals surface area contributed by atoms with Crippen molar-refractivity contribution in [1.82, 2.24) is 14.9 Å². The predicted molar refractivity (Wildman–Crippen MR) is 95.6 cm³/mol. The quantitative estimate of drug-likeness (QED) is 0.579. The van der Waals surface area contributed by atoms with Gasteiger partial charge in [-0.2, -0.15) is 13.2 Å². The fraction of sp³-hybridized carbons (Fsp3) is 0.211. The van der Waals surface area contributed by atoms with Crippen molar-refractivity contribution in [2.45, 2.75) is 25.6 Å². The summed E-state index contributed by atoms with van der Waals surface area (Å²) in [5, 5.41) is 0. The summed E-state index contributed by atoms with van der Waals surface area (Å²) in [6.45, 7) is 5.10. The molecule has 0 radical (unpaired) electrons. The molecule has 1 aromatic carbocycles. The molecule has 9 heteroatoms. The van der Waals surface area contributed by atoms with Crippen LogP contribution in [0.5, 0.6) is 0 Å². The number of rotatable bonds is 5. The Labute approximate surface area is 158 Å². The maximum absolute atomic E-state index is 12.6. The van der Waals surface area contributed by atoms with Crippen LogP contribution in [-0.4, -0.2) is 39.4 Å². The van der Waals surface area contributed by atoms with E-state index in [1.54, 1.807) is 37.3 Å². The van der Waals surface area contributed by atoms with Gasteiger partial charge in [0.05, 0.1) is 16.8 Å². The van der Waals surface area contributed by atoms with Crippen LogP contribution >= 0.6 is 0 Å². The van der Waals surface area contributed by atoms with Crippen LogP contribution in [0, 0.1) is 0 Å². The molecule has 2 heterocycles. The van der Waals surface area contributed by atoms with Gasteiger partial charge in [0.25, 0.3) is 11.8 Å². The van der Waals surface area contributed by atoms with E-state index in [1.165, 1.54) is 0 Å². The Morgan fingerprint density at radius 2 is 1.71 bits per heavy atom. The van der Waals surface area contributed by atoms with Crippen LogP contribution in [0.2, 0.25) is 0 Å². The maximum atomic E-state index is 12.6. The Morgan fingerprint density at radius 1 is 1.18 bits per heavy atom. The lowest BCUT2D eigenvalue weighted by atomic mass is 10.1. The number of amides is 2. The van der Waals surface area contributed by atoms with Gasteiger partial charge < -0.3 is 0 Å². The Bertz CT molecular complexity index is 933. The van der Waals surface area contributed by atoms with E-state index >= 15 is 0 Å². The van der Waals surface area contributed by atoms with E-state index in [0.29, 0.717) is 11.1 Å². The van der Waals surface area contributed by atoms with Crippen LogP contribution in [0.3, 0.4) is 0 Å². The highest BCUT2D eigenvalue weighted by molar-refractivity contribution is 6.21. The van der Waals surface area contributed by atoms with Gasteiger partial charge in [0, 0.05) is 24.0 Å². The minimum Gasteiger partial charge on any atom is -0.271 e. The molecule has 2 aromatic rings. The fourth-order valence-electron chi connectivity index (χ4n) is 2.88. The highest BCUT2D eigenvalue weighted by atomic mass is 19.4. The van der Waals surface area contributed by atoms with Crippen molar-refractivity contribution in [3.63, 3.8) is 0 Å². The first-order valence-electron chi connectivity index (χ1n) is 8.27. The molecule has 0 aliphatic carbocycles. The second-order valence-corrected chi connectivity index (χ2v) is 6.15. The van der Waals surface area contributed by atoms with Gasteiger partial charge in [-0.1, -0.05) is 18.2 Å². The smallest absolute Gasteiger partial charge is 0.271 e. The monoisotopic (exact) mass is 388 g/mol. The molecular weight excluding hydrogens is 373 g/mol. The molecule has 0 bridgehead atoms. The largest absolute Gasteiger partial charge is 0.451 e. The number of nitrogens with zero attached hydrogens (tertiary/aromatic N) is 4. The lowest BCUT2D eigenvalue weighted by Gasteiger charge is -2.21. The van der Waals surface area contributed by atoms with Gasteiger partial charge in [-0.05, 0) is 32.2 Å². The number of fused-ring (bicyclic) bond motifs is 1. The number of benzene rings is 1. The number of aromatic nitrogens is 2. The summed E-state index contributed by atoms with van der Waals surface area (Å²) in [5.74, 6) is -2.01. The maximum Gasteiger partial charge on any atom is 0.451 e. The van der Waals surface area contributed by atoms with Crippen molar-refractivity contribution < 1.29 is 22.8 Å². The fourth-order valence-corrected chi connectivity index (χ4v) is 2.88. The third kappa shape index (κ3) is 3.55. The Morgan fingerprint density at radius 3 is 2.18 bits per heavy atom. The molecule has 28 heavy (non-hydrogen) atoms. The summed E-state index contributed by atoms with van der Waals surface area (Å²) in [6.07, 6.45) is -0.815. The molecule has 144 valence electrons. The molecular formula is C19H15F3N4O2. The normalized spacial score (nSPS) is 15.6. The van der Waals surface area contributed by atoms with Gasteiger partial charge in [-0.3, -0.25) is 19.5 Å². The number of hydrogen-bond acceptors (Lipinski definition) is 5. The van der Waals surface area contributed by atoms with E-state index in [1.807, 2.05) is 0 Å². The van der Waals surface area contributed by atoms with Gasteiger partial charge in [0.2, 0.25) is 5.82 Å². The van der Waals surface area contributed by atoms with E-state index in [4.69, 9.17) is 0 Å². The van der Waals surface area contributed by atoms with Gasteiger partial charge in [0.15, 0.2) is 0 Å². The highest BCUT2D eigenvalue weighted by Crippen LogP contribution is 2.28. The van der Waals surface area contributed by atoms with Crippen LogP contribution in [-0.2, 0) is 6.18 Å². The van der Waals surface area contributed by atoms with Crippen LogP contribution in [0.4, 0.5) is 13.2 Å². The van der Waals surface area contributed by atoms with E-state index in [9.17, 15) is 22.8 Å². The van der Waals surface area contributed by atoms with Gasteiger partial charge in [-0.25, -0.2) is 9.97 Å². The SMILES string of the molecule is C=N/C(=C\CC(C)N1C(=O)c2ccccc2C1=O)c1cnc(C(F)(F)F)nc1. The lowest BCUT2D eigenvalue weighted by Crippen LogP contribution is -2.37. The Kier molecular flexibility index (Phi) is 5.08. The van der Waals surface area contributed by atoms with Crippen molar-refractivity contribution in [2.24, 2.45) is 4.99 Å². The molecule has 0 fully saturated rings. The zero-order valence-corrected chi connectivity index (χ0v) is 14.8. The highest BCUT2D eigenvalue weighted by Gasteiger charge is 2.37. The molecule has 0 spiro atoms. The van der Waals surface area contributed by atoms with Gasteiger partial charge >= 0.3 is 6.18 Å². The zero-order chi connectivity index (χ0) is 20.5. The second kappa shape index (κ2) is 7.34. The number of alkyl halides is 3. The van der Waals surface area contributed by atoms with Crippen molar-refractivity contribution in [3.8, 4) is 0 Å². The topological polar surface area (TPSA) is 75.5 Å². The molecule has 0 N–H and O–H groups in total. The molecule has 6 nitrogen and oxygen atoms in total. The molecule has 0 saturated heterocycles. The molecule has 2 amide bonds. The van der Waals surface area contributed by atoms with E-state index in [-0.39, 0.29) is 29.5 Å². The number of carbonyl (C=O) groups is 2. The first-order valence-corrected chi connectivity index (χ1v) is 8.27. The van der Waals surface area contributed by atoms with Crippen LogP contribution in [0.25, 0.3) is 5.70 Å². The van der Waals surface area contributed by atoms with E-state index in [0.717, 1.165) is 17.3 Å². The molecule has 1 unspecified atom stereocenters.